The average Bonchev–Trinajstić information content (AvgIpc) is 3.19. The minimum Gasteiger partial charge on any atom is -0.344 e. The largest absolute Gasteiger partial charge is 0.417 e. The molecule has 0 radical (unpaired) electrons. The zero-order chi connectivity index (χ0) is 19.1. The van der Waals surface area contributed by atoms with Gasteiger partial charge >= 0.3 is 6.18 Å². The first-order chi connectivity index (χ1) is 12.1. The Balaban J connectivity index is 1.80. The lowest BCUT2D eigenvalue weighted by Gasteiger charge is -2.25. The summed E-state index contributed by atoms with van der Waals surface area (Å²) in [6.45, 7) is 7.18. The highest BCUT2D eigenvalue weighted by Gasteiger charge is 2.44. The van der Waals surface area contributed by atoms with Crippen molar-refractivity contribution in [3.8, 4) is 0 Å². The van der Waals surface area contributed by atoms with E-state index >= 15 is 0 Å². The summed E-state index contributed by atoms with van der Waals surface area (Å²) in [5.41, 5.74) is -1.09. The summed E-state index contributed by atoms with van der Waals surface area (Å²) >= 11 is 0. The lowest BCUT2D eigenvalue weighted by molar-refractivity contribution is -0.138. The van der Waals surface area contributed by atoms with Crippen LogP contribution in [0.25, 0.3) is 5.52 Å². The normalized spacial score (nSPS) is 20.4. The second-order valence-electron chi connectivity index (χ2n) is 7.32. The molecule has 8 heteroatoms. The molecule has 2 aromatic heterocycles. The van der Waals surface area contributed by atoms with E-state index in [-0.39, 0.29) is 11.8 Å². The minimum absolute atomic E-state index is 0.0507. The van der Waals surface area contributed by atoms with Crippen LogP contribution in [-0.2, 0) is 16.5 Å². The van der Waals surface area contributed by atoms with Crippen LogP contribution in [0.3, 0.4) is 0 Å². The van der Waals surface area contributed by atoms with Crippen LogP contribution in [0.2, 0.25) is 0 Å². The lowest BCUT2D eigenvalue weighted by atomic mass is 10.0. The zero-order valence-corrected chi connectivity index (χ0v) is 15.0. The number of rotatable bonds is 6. The first-order valence-corrected chi connectivity index (χ1v) is 8.71. The minimum atomic E-state index is -4.43. The maximum absolute atomic E-state index is 13.0. The number of fused-ring (bicyclic) bond motifs is 1. The second-order valence-corrected chi connectivity index (χ2v) is 7.32. The van der Waals surface area contributed by atoms with Crippen molar-refractivity contribution < 1.29 is 18.0 Å². The highest BCUT2D eigenvalue weighted by Crippen LogP contribution is 2.39. The highest BCUT2D eigenvalue weighted by molar-refractivity contribution is 5.82. The highest BCUT2D eigenvalue weighted by atomic mass is 19.4. The Bertz CT molecular complexity index is 812. The Morgan fingerprint density at radius 3 is 2.73 bits per heavy atom. The van der Waals surface area contributed by atoms with E-state index in [1.54, 1.807) is 13.8 Å². The molecule has 2 aromatic rings. The van der Waals surface area contributed by atoms with E-state index in [0.717, 1.165) is 31.8 Å². The van der Waals surface area contributed by atoms with Crippen LogP contribution in [0.5, 0.6) is 0 Å². The lowest BCUT2D eigenvalue weighted by Crippen LogP contribution is -2.43. The van der Waals surface area contributed by atoms with Gasteiger partial charge in [0, 0.05) is 12.1 Å². The number of hydrogen-bond donors (Lipinski definition) is 2. The molecule has 1 amide bonds. The molecular weight excluding hydrogens is 345 g/mol. The Morgan fingerprint density at radius 1 is 1.35 bits per heavy atom. The van der Waals surface area contributed by atoms with Gasteiger partial charge in [-0.3, -0.25) is 4.79 Å². The molecule has 0 aliphatic heterocycles. The molecule has 2 N–H and O–H groups in total. The van der Waals surface area contributed by atoms with E-state index in [1.807, 2.05) is 6.92 Å². The fourth-order valence-corrected chi connectivity index (χ4v) is 3.20. The molecule has 0 bridgehead atoms. The van der Waals surface area contributed by atoms with Crippen LogP contribution in [0.15, 0.2) is 24.5 Å². The number of alkyl halides is 3. The number of amides is 1. The fraction of sp³-hybridized carbons (Fsp3) is 0.556. The molecule has 26 heavy (non-hydrogen) atoms. The van der Waals surface area contributed by atoms with Gasteiger partial charge in [-0.2, -0.15) is 13.2 Å². The maximum Gasteiger partial charge on any atom is 0.417 e. The van der Waals surface area contributed by atoms with Gasteiger partial charge < -0.3 is 15.0 Å². The number of carbonyl (C=O) groups excluding carboxylic acids is 1. The Hall–Kier alpha value is -2.09. The summed E-state index contributed by atoms with van der Waals surface area (Å²) < 4.78 is 40.4. The van der Waals surface area contributed by atoms with E-state index in [1.165, 1.54) is 16.7 Å². The third-order valence-corrected chi connectivity index (χ3v) is 4.77. The first kappa shape index (κ1) is 18.7. The molecule has 2 heterocycles. The van der Waals surface area contributed by atoms with Crippen molar-refractivity contribution in [2.45, 2.75) is 38.9 Å². The SMILES string of the molecule is CCNC[C@H]1C[C@@H]1C(=O)NC(C)(C)c1ncc2ccc(C(F)(F)F)cn12. The number of halogens is 3. The Kier molecular flexibility index (Phi) is 4.72. The second kappa shape index (κ2) is 6.57. The summed E-state index contributed by atoms with van der Waals surface area (Å²) in [4.78, 5) is 16.8. The summed E-state index contributed by atoms with van der Waals surface area (Å²) in [6, 6.07) is 2.41. The van der Waals surface area contributed by atoms with E-state index in [2.05, 4.69) is 15.6 Å². The molecule has 5 nitrogen and oxygen atoms in total. The van der Waals surface area contributed by atoms with Crippen molar-refractivity contribution in [2.75, 3.05) is 13.1 Å². The molecule has 1 saturated carbocycles. The van der Waals surface area contributed by atoms with Crippen molar-refractivity contribution in [3.63, 3.8) is 0 Å². The van der Waals surface area contributed by atoms with E-state index < -0.39 is 17.3 Å². The zero-order valence-electron chi connectivity index (χ0n) is 15.0. The topological polar surface area (TPSA) is 58.4 Å². The quantitative estimate of drug-likeness (QED) is 0.824. The molecule has 1 fully saturated rings. The van der Waals surface area contributed by atoms with Crippen molar-refractivity contribution in [1.82, 2.24) is 20.0 Å². The monoisotopic (exact) mass is 368 g/mol. The predicted octanol–water partition coefficient (Wildman–Crippen LogP) is 2.95. The summed E-state index contributed by atoms with van der Waals surface area (Å²) in [7, 11) is 0. The Morgan fingerprint density at radius 2 is 2.08 bits per heavy atom. The van der Waals surface area contributed by atoms with Crippen molar-refractivity contribution in [3.05, 3.63) is 35.9 Å². The van der Waals surface area contributed by atoms with Crippen LogP contribution >= 0.6 is 0 Å². The van der Waals surface area contributed by atoms with Gasteiger partial charge in [0.1, 0.15) is 5.82 Å². The third-order valence-electron chi connectivity index (χ3n) is 4.77. The molecule has 0 saturated heterocycles. The number of hydrogen-bond acceptors (Lipinski definition) is 3. The molecule has 1 aliphatic carbocycles. The van der Waals surface area contributed by atoms with E-state index in [4.69, 9.17) is 0 Å². The first-order valence-electron chi connectivity index (χ1n) is 8.71. The molecular formula is C18H23F3N4O. The number of nitrogens with zero attached hydrogens (tertiary/aromatic N) is 2. The van der Waals surface area contributed by atoms with Crippen molar-refractivity contribution in [2.24, 2.45) is 11.8 Å². The fourth-order valence-electron chi connectivity index (χ4n) is 3.20. The van der Waals surface area contributed by atoms with Crippen molar-refractivity contribution >= 4 is 11.4 Å². The third kappa shape index (κ3) is 3.70. The van der Waals surface area contributed by atoms with Crippen LogP contribution in [0, 0.1) is 11.8 Å². The molecule has 3 rings (SSSR count). The van der Waals surface area contributed by atoms with E-state index in [0.29, 0.717) is 17.3 Å². The summed E-state index contributed by atoms with van der Waals surface area (Å²) in [6.07, 6.45) is -1.07. The number of nitrogens with one attached hydrogen (secondary N) is 2. The number of carbonyl (C=O) groups is 1. The van der Waals surface area contributed by atoms with Gasteiger partial charge in [0.2, 0.25) is 5.91 Å². The van der Waals surface area contributed by atoms with Crippen molar-refractivity contribution in [1.29, 1.82) is 0 Å². The van der Waals surface area contributed by atoms with Gasteiger partial charge in [0.05, 0.1) is 22.8 Å². The predicted molar refractivity (Wildman–Crippen MR) is 91.5 cm³/mol. The maximum atomic E-state index is 13.0. The van der Waals surface area contributed by atoms with Crippen LogP contribution in [0.1, 0.15) is 38.6 Å². The summed E-state index contributed by atoms with van der Waals surface area (Å²) in [5.74, 6) is 0.558. The molecule has 0 spiro atoms. The number of imidazole rings is 1. The van der Waals surface area contributed by atoms with Gasteiger partial charge in [0.15, 0.2) is 0 Å². The van der Waals surface area contributed by atoms with Gasteiger partial charge in [0.25, 0.3) is 0 Å². The van der Waals surface area contributed by atoms with Gasteiger partial charge in [-0.1, -0.05) is 6.92 Å². The molecule has 0 aromatic carbocycles. The van der Waals surface area contributed by atoms with Crippen LogP contribution in [-0.4, -0.2) is 28.4 Å². The van der Waals surface area contributed by atoms with Gasteiger partial charge in [-0.05, 0) is 51.4 Å². The standard InChI is InChI=1S/C18H23F3N4O/c1-4-22-8-11-7-14(11)15(26)24-17(2,3)16-23-9-13-6-5-12(10-25(13)16)18(19,20)21/h5-6,9-11,14,22H,4,7-8H2,1-3H3,(H,24,26)/t11-,14+/m1/s1. The smallest absolute Gasteiger partial charge is 0.344 e. The average molecular weight is 368 g/mol. The molecule has 1 aliphatic rings. The number of pyridine rings is 1. The summed E-state index contributed by atoms with van der Waals surface area (Å²) in [5, 5.41) is 6.17. The van der Waals surface area contributed by atoms with Gasteiger partial charge in [-0.25, -0.2) is 4.98 Å². The molecule has 142 valence electrons. The van der Waals surface area contributed by atoms with E-state index in [9.17, 15) is 18.0 Å². The number of aromatic nitrogens is 2. The van der Waals surface area contributed by atoms with Crippen LogP contribution in [0.4, 0.5) is 13.2 Å². The Labute approximate surface area is 150 Å². The molecule has 2 atom stereocenters. The van der Waals surface area contributed by atoms with Crippen LogP contribution < -0.4 is 10.6 Å². The molecule has 0 unspecified atom stereocenters. The van der Waals surface area contributed by atoms with Gasteiger partial charge in [-0.15, -0.1) is 0 Å².